The molecule has 0 aliphatic heterocycles. The average molecular weight is 331 g/mol. The second-order valence-corrected chi connectivity index (χ2v) is 5.48. The van der Waals surface area contributed by atoms with E-state index in [2.05, 4.69) is 10.1 Å². The predicted octanol–water partition coefficient (Wildman–Crippen LogP) is 4.16. The smallest absolute Gasteiger partial charge is 0.156 e. The lowest BCUT2D eigenvalue weighted by atomic mass is 10.3. The Bertz CT molecular complexity index is 737. The van der Waals surface area contributed by atoms with Crippen LogP contribution in [-0.4, -0.2) is 20.6 Å². The minimum Gasteiger partial charge on any atom is -0.359 e. The molecule has 0 saturated heterocycles. The lowest BCUT2D eigenvalue weighted by Gasteiger charge is -2.06. The largest absolute Gasteiger partial charge is 0.359 e. The van der Waals surface area contributed by atoms with Crippen LogP contribution in [0.5, 0.6) is 0 Å². The number of alkyl halides is 1. The molecule has 0 spiro atoms. The van der Waals surface area contributed by atoms with Crippen LogP contribution in [0.2, 0.25) is 10.0 Å². The van der Waals surface area contributed by atoms with Crippen molar-refractivity contribution in [1.82, 2.24) is 14.7 Å². The van der Waals surface area contributed by atoms with Crippen molar-refractivity contribution in [2.24, 2.45) is 0 Å². The third kappa shape index (κ3) is 2.51. The first kappa shape index (κ1) is 13.7. The third-order valence-electron chi connectivity index (χ3n) is 2.99. The highest BCUT2D eigenvalue weighted by Gasteiger charge is 2.14. The molecule has 0 atom stereocenters. The van der Waals surface area contributed by atoms with Gasteiger partial charge < -0.3 is 9.09 Å². The Morgan fingerprint density at radius 2 is 2.00 bits per heavy atom. The monoisotopic (exact) mass is 329 g/mol. The normalized spacial score (nSPS) is 11.3. The van der Waals surface area contributed by atoms with Gasteiger partial charge in [0, 0.05) is 18.4 Å². The van der Waals surface area contributed by atoms with Gasteiger partial charge in [-0.05, 0) is 12.1 Å². The molecule has 0 unspecified atom stereocenters. The molecule has 104 valence electrons. The van der Waals surface area contributed by atoms with Gasteiger partial charge >= 0.3 is 0 Å². The first-order valence-corrected chi connectivity index (χ1v) is 7.28. The van der Waals surface area contributed by atoms with Crippen molar-refractivity contribution < 1.29 is 4.52 Å². The van der Waals surface area contributed by atoms with Crippen LogP contribution in [0, 0.1) is 0 Å². The first-order chi connectivity index (χ1) is 9.69. The highest BCUT2D eigenvalue weighted by molar-refractivity contribution is 6.42. The zero-order chi connectivity index (χ0) is 14.1. The van der Waals surface area contributed by atoms with Crippen LogP contribution in [-0.2, 0) is 13.0 Å². The van der Waals surface area contributed by atoms with Gasteiger partial charge in [-0.2, -0.15) is 0 Å². The number of aryl methyl sites for hydroxylation is 1. The van der Waals surface area contributed by atoms with Crippen LogP contribution < -0.4 is 0 Å². The molecule has 0 aliphatic carbocycles. The van der Waals surface area contributed by atoms with Crippen molar-refractivity contribution in [3.63, 3.8) is 0 Å². The van der Waals surface area contributed by atoms with E-state index in [1.54, 1.807) is 18.3 Å². The quantitative estimate of drug-likeness (QED) is 0.675. The van der Waals surface area contributed by atoms with Gasteiger partial charge in [0.05, 0.1) is 33.8 Å². The fraction of sp³-hybridized carbons (Fsp3) is 0.231. The van der Waals surface area contributed by atoms with Crippen molar-refractivity contribution in [2.45, 2.75) is 13.0 Å². The molecule has 3 aromatic rings. The molecule has 0 radical (unpaired) electrons. The van der Waals surface area contributed by atoms with Crippen LogP contribution in [0.1, 0.15) is 11.6 Å². The van der Waals surface area contributed by atoms with Gasteiger partial charge in [0.2, 0.25) is 0 Å². The molecule has 20 heavy (non-hydrogen) atoms. The topological polar surface area (TPSA) is 43.9 Å². The van der Waals surface area contributed by atoms with E-state index in [4.69, 9.17) is 39.3 Å². The molecule has 2 heterocycles. The molecule has 7 heteroatoms. The number of aromatic nitrogens is 3. The van der Waals surface area contributed by atoms with Gasteiger partial charge in [-0.15, -0.1) is 11.6 Å². The minimum absolute atomic E-state index is 0.487. The van der Waals surface area contributed by atoms with Gasteiger partial charge in [-0.1, -0.05) is 28.4 Å². The van der Waals surface area contributed by atoms with Gasteiger partial charge in [-0.25, -0.2) is 4.98 Å². The zero-order valence-electron chi connectivity index (χ0n) is 10.3. The van der Waals surface area contributed by atoms with Crippen LogP contribution in [0.3, 0.4) is 0 Å². The Morgan fingerprint density at radius 1 is 1.20 bits per heavy atom. The lowest BCUT2D eigenvalue weighted by molar-refractivity contribution is 0.376. The molecular formula is C13H10Cl3N3O. The maximum absolute atomic E-state index is 6.09. The van der Waals surface area contributed by atoms with Crippen molar-refractivity contribution in [3.8, 4) is 0 Å². The number of hydrogen-bond acceptors (Lipinski definition) is 3. The zero-order valence-corrected chi connectivity index (χ0v) is 12.6. The fourth-order valence-corrected chi connectivity index (χ4v) is 2.59. The molecule has 3 rings (SSSR count). The van der Waals surface area contributed by atoms with Gasteiger partial charge in [0.1, 0.15) is 5.82 Å². The summed E-state index contributed by atoms with van der Waals surface area (Å²) >= 11 is 18.0. The molecule has 0 saturated carbocycles. The number of benzene rings is 1. The molecule has 0 fully saturated rings. The molecule has 4 nitrogen and oxygen atoms in total. The second-order valence-electron chi connectivity index (χ2n) is 4.29. The standard InChI is InChI=1S/C13H10Cl3N3O/c14-3-1-13-18-11-5-9(15)10(16)6-12(11)19(13)7-8-2-4-17-20-8/h2,4-6H,1,3,7H2. The molecule has 2 aromatic heterocycles. The number of halogens is 3. The Labute approximate surface area is 130 Å². The van der Waals surface area contributed by atoms with E-state index in [1.165, 1.54) is 0 Å². The maximum atomic E-state index is 6.09. The van der Waals surface area contributed by atoms with Gasteiger partial charge in [0.25, 0.3) is 0 Å². The Hall–Kier alpha value is -1.23. The third-order valence-corrected chi connectivity index (χ3v) is 3.90. The van der Waals surface area contributed by atoms with Crippen molar-refractivity contribution in [2.75, 3.05) is 5.88 Å². The van der Waals surface area contributed by atoms with Crippen LogP contribution >= 0.6 is 34.8 Å². The summed E-state index contributed by atoms with van der Waals surface area (Å²) in [5, 5.41) is 4.69. The highest BCUT2D eigenvalue weighted by atomic mass is 35.5. The lowest BCUT2D eigenvalue weighted by Crippen LogP contribution is -2.05. The summed E-state index contributed by atoms with van der Waals surface area (Å²) in [6.07, 6.45) is 2.26. The van der Waals surface area contributed by atoms with Crippen LogP contribution in [0.4, 0.5) is 0 Å². The fourth-order valence-electron chi connectivity index (χ4n) is 2.10. The summed E-state index contributed by atoms with van der Waals surface area (Å²) in [6.45, 7) is 0.528. The summed E-state index contributed by atoms with van der Waals surface area (Å²) in [6, 6.07) is 5.38. The molecule has 0 N–H and O–H groups in total. The van der Waals surface area contributed by atoms with Crippen LogP contribution in [0.15, 0.2) is 28.9 Å². The second kappa shape index (κ2) is 5.64. The van der Waals surface area contributed by atoms with E-state index >= 15 is 0 Å². The van der Waals surface area contributed by atoms with Crippen LogP contribution in [0.25, 0.3) is 11.0 Å². The summed E-state index contributed by atoms with van der Waals surface area (Å²) in [4.78, 5) is 4.56. The van der Waals surface area contributed by atoms with E-state index in [0.717, 1.165) is 22.6 Å². The van der Waals surface area contributed by atoms with Gasteiger partial charge in [-0.3, -0.25) is 0 Å². The molecule has 1 aromatic carbocycles. The molecule has 0 bridgehead atoms. The number of hydrogen-bond donors (Lipinski definition) is 0. The average Bonchev–Trinajstić information content (AvgIpc) is 3.02. The van der Waals surface area contributed by atoms with E-state index in [9.17, 15) is 0 Å². The van der Waals surface area contributed by atoms with Crippen molar-refractivity contribution in [3.05, 3.63) is 46.0 Å². The Morgan fingerprint density at radius 3 is 2.70 bits per heavy atom. The first-order valence-electron chi connectivity index (χ1n) is 5.98. The summed E-state index contributed by atoms with van der Waals surface area (Å²) < 4.78 is 7.17. The Balaban J connectivity index is 2.15. The maximum Gasteiger partial charge on any atom is 0.156 e. The number of imidazole rings is 1. The number of fused-ring (bicyclic) bond motifs is 1. The van der Waals surface area contributed by atoms with E-state index in [0.29, 0.717) is 28.9 Å². The molecule has 0 aliphatic rings. The van der Waals surface area contributed by atoms with E-state index in [1.807, 2.05) is 10.6 Å². The summed E-state index contributed by atoms with van der Waals surface area (Å²) in [5.74, 6) is 2.09. The SMILES string of the molecule is ClCCc1nc2cc(Cl)c(Cl)cc2n1Cc1ccno1. The summed E-state index contributed by atoms with van der Waals surface area (Å²) in [7, 11) is 0. The van der Waals surface area contributed by atoms with Crippen molar-refractivity contribution >= 4 is 45.8 Å². The minimum atomic E-state index is 0.487. The Kier molecular flexibility index (Phi) is 3.87. The molecule has 0 amide bonds. The highest BCUT2D eigenvalue weighted by Crippen LogP contribution is 2.29. The number of rotatable bonds is 4. The predicted molar refractivity (Wildman–Crippen MR) is 79.8 cm³/mol. The number of nitrogens with zero attached hydrogens (tertiary/aromatic N) is 3. The molecular weight excluding hydrogens is 321 g/mol. The van der Waals surface area contributed by atoms with E-state index in [-0.39, 0.29) is 0 Å². The summed E-state index contributed by atoms with van der Waals surface area (Å²) in [5.41, 5.74) is 1.69. The van der Waals surface area contributed by atoms with Crippen molar-refractivity contribution in [1.29, 1.82) is 0 Å². The van der Waals surface area contributed by atoms with Gasteiger partial charge in [0.15, 0.2) is 5.76 Å². The van der Waals surface area contributed by atoms with E-state index < -0.39 is 0 Å².